The second kappa shape index (κ2) is 10.7. The zero-order valence-corrected chi connectivity index (χ0v) is 19.0. The third-order valence-corrected chi connectivity index (χ3v) is 6.96. The Kier molecular flexibility index (Phi) is 7.96. The van der Waals surface area contributed by atoms with Crippen molar-refractivity contribution in [2.24, 2.45) is 0 Å². The van der Waals surface area contributed by atoms with Gasteiger partial charge in [0.1, 0.15) is 6.54 Å². The van der Waals surface area contributed by atoms with Gasteiger partial charge in [0.2, 0.25) is 5.91 Å². The lowest BCUT2D eigenvalue weighted by Gasteiger charge is -2.25. The normalized spacial score (nSPS) is 11.2. The lowest BCUT2D eigenvalue weighted by atomic mass is 10.1. The van der Waals surface area contributed by atoms with Crippen molar-refractivity contribution in [3.8, 4) is 0 Å². The molecule has 1 amide bonds. The topological polar surface area (TPSA) is 66.5 Å². The molecule has 0 spiro atoms. The molecular weight excluding hydrogens is 455 g/mol. The lowest BCUT2D eigenvalue weighted by Crippen LogP contribution is -2.41. The number of anilines is 1. The third kappa shape index (κ3) is 6.23. The van der Waals surface area contributed by atoms with Crippen molar-refractivity contribution in [3.05, 3.63) is 94.5 Å². The number of carbonyl (C=O) groups is 1. The number of amides is 1. The predicted molar refractivity (Wildman–Crippen MR) is 125 cm³/mol. The molecule has 0 aliphatic carbocycles. The summed E-state index contributed by atoms with van der Waals surface area (Å²) in [6.45, 7) is 0.0467. The minimum absolute atomic E-state index is 0.0884. The molecule has 0 fully saturated rings. The van der Waals surface area contributed by atoms with E-state index < -0.39 is 15.9 Å². The van der Waals surface area contributed by atoms with E-state index in [-0.39, 0.29) is 22.2 Å². The Labute approximate surface area is 192 Å². The zero-order chi connectivity index (χ0) is 22.3. The van der Waals surface area contributed by atoms with Gasteiger partial charge in [-0.05, 0) is 54.8 Å². The minimum Gasteiger partial charge on any atom is -0.355 e. The molecule has 0 radical (unpaired) electrons. The van der Waals surface area contributed by atoms with Crippen LogP contribution in [0.15, 0.2) is 83.8 Å². The van der Waals surface area contributed by atoms with Gasteiger partial charge < -0.3 is 5.32 Å². The van der Waals surface area contributed by atoms with E-state index in [1.807, 2.05) is 24.3 Å². The standard InChI is InChI=1S/C23H22Cl2N2O3S/c24-19-14-12-18(13-15-19)7-6-16-26-23(28)17-27(22-11-5-4-10-21(22)25)31(29,30)20-8-2-1-3-9-20/h1-5,8-15H,6-7,16-17H2,(H,26,28). The number of rotatable bonds is 9. The van der Waals surface area contributed by atoms with E-state index >= 15 is 0 Å². The number of aryl methyl sites for hydroxylation is 1. The monoisotopic (exact) mass is 476 g/mol. The Morgan fingerprint density at radius 2 is 1.52 bits per heavy atom. The highest BCUT2D eigenvalue weighted by molar-refractivity contribution is 7.92. The molecule has 31 heavy (non-hydrogen) atoms. The second-order valence-electron chi connectivity index (χ2n) is 6.86. The Morgan fingerprint density at radius 3 is 2.19 bits per heavy atom. The van der Waals surface area contributed by atoms with Crippen LogP contribution in [0, 0.1) is 0 Å². The van der Waals surface area contributed by atoms with Gasteiger partial charge in [-0.2, -0.15) is 0 Å². The maximum Gasteiger partial charge on any atom is 0.264 e. The zero-order valence-electron chi connectivity index (χ0n) is 16.7. The van der Waals surface area contributed by atoms with E-state index in [1.165, 1.54) is 12.1 Å². The first-order valence-electron chi connectivity index (χ1n) is 9.71. The summed E-state index contributed by atoms with van der Waals surface area (Å²) < 4.78 is 27.5. The summed E-state index contributed by atoms with van der Waals surface area (Å²) in [5.74, 6) is -0.407. The van der Waals surface area contributed by atoms with Gasteiger partial charge in [0.05, 0.1) is 15.6 Å². The molecule has 1 N–H and O–H groups in total. The lowest BCUT2D eigenvalue weighted by molar-refractivity contribution is -0.119. The van der Waals surface area contributed by atoms with Gasteiger partial charge in [-0.1, -0.05) is 65.7 Å². The first kappa shape index (κ1) is 23.1. The minimum atomic E-state index is -3.97. The van der Waals surface area contributed by atoms with Crippen molar-refractivity contribution in [3.63, 3.8) is 0 Å². The number of hydrogen-bond acceptors (Lipinski definition) is 3. The molecule has 0 saturated carbocycles. The molecule has 3 rings (SSSR count). The van der Waals surface area contributed by atoms with Gasteiger partial charge in [0, 0.05) is 11.6 Å². The highest BCUT2D eigenvalue weighted by atomic mass is 35.5. The molecule has 0 unspecified atom stereocenters. The number of para-hydroxylation sites is 1. The number of benzene rings is 3. The van der Waals surface area contributed by atoms with Gasteiger partial charge in [-0.25, -0.2) is 8.42 Å². The summed E-state index contributed by atoms with van der Waals surface area (Å²) in [4.78, 5) is 12.7. The highest BCUT2D eigenvalue weighted by Gasteiger charge is 2.28. The Balaban J connectivity index is 1.69. The van der Waals surface area contributed by atoms with Crippen LogP contribution in [-0.4, -0.2) is 27.4 Å². The number of sulfonamides is 1. The largest absolute Gasteiger partial charge is 0.355 e. The first-order chi connectivity index (χ1) is 14.9. The molecule has 3 aromatic rings. The van der Waals surface area contributed by atoms with Gasteiger partial charge in [-0.3, -0.25) is 9.10 Å². The van der Waals surface area contributed by atoms with Crippen molar-refractivity contribution in [2.45, 2.75) is 17.7 Å². The average molecular weight is 477 g/mol. The number of nitrogens with zero attached hydrogens (tertiary/aromatic N) is 1. The van der Waals surface area contributed by atoms with Crippen LogP contribution in [0.2, 0.25) is 10.0 Å². The third-order valence-electron chi connectivity index (χ3n) is 4.62. The maximum atomic E-state index is 13.2. The molecule has 0 aliphatic rings. The van der Waals surface area contributed by atoms with Gasteiger partial charge in [0.25, 0.3) is 10.0 Å². The molecule has 162 valence electrons. The molecule has 0 saturated heterocycles. The van der Waals surface area contributed by atoms with E-state index in [2.05, 4.69) is 5.32 Å². The van der Waals surface area contributed by atoms with Crippen LogP contribution < -0.4 is 9.62 Å². The second-order valence-corrected chi connectivity index (χ2v) is 9.56. The molecule has 0 heterocycles. The molecule has 0 atom stereocenters. The Morgan fingerprint density at radius 1 is 0.871 bits per heavy atom. The van der Waals surface area contributed by atoms with Crippen molar-refractivity contribution < 1.29 is 13.2 Å². The van der Waals surface area contributed by atoms with Gasteiger partial charge in [0.15, 0.2) is 0 Å². The van der Waals surface area contributed by atoms with Crippen LogP contribution in [0.25, 0.3) is 0 Å². The molecule has 3 aromatic carbocycles. The van der Waals surface area contributed by atoms with Crippen molar-refractivity contribution in [2.75, 3.05) is 17.4 Å². The molecule has 0 aromatic heterocycles. The Bertz CT molecular complexity index is 1120. The van der Waals surface area contributed by atoms with Crippen LogP contribution in [0.4, 0.5) is 5.69 Å². The van der Waals surface area contributed by atoms with Crippen molar-refractivity contribution >= 4 is 44.8 Å². The highest BCUT2D eigenvalue weighted by Crippen LogP contribution is 2.30. The van der Waals surface area contributed by atoms with Crippen LogP contribution in [-0.2, 0) is 21.2 Å². The van der Waals surface area contributed by atoms with Crippen molar-refractivity contribution in [1.82, 2.24) is 5.32 Å². The summed E-state index contributed by atoms with van der Waals surface area (Å²) in [6.07, 6.45) is 1.49. The fourth-order valence-electron chi connectivity index (χ4n) is 3.03. The maximum absolute atomic E-state index is 13.2. The van der Waals surface area contributed by atoms with E-state index in [0.29, 0.717) is 18.0 Å². The quantitative estimate of drug-likeness (QED) is 0.444. The number of nitrogens with one attached hydrogen (secondary N) is 1. The average Bonchev–Trinajstić information content (AvgIpc) is 2.77. The fourth-order valence-corrected chi connectivity index (χ4v) is 4.91. The number of carbonyl (C=O) groups excluding carboxylic acids is 1. The van der Waals surface area contributed by atoms with E-state index in [1.54, 1.807) is 42.5 Å². The summed E-state index contributed by atoms with van der Waals surface area (Å²) in [5.41, 5.74) is 1.37. The van der Waals surface area contributed by atoms with Gasteiger partial charge >= 0.3 is 0 Å². The van der Waals surface area contributed by atoms with E-state index in [0.717, 1.165) is 16.3 Å². The summed E-state index contributed by atoms with van der Waals surface area (Å²) >= 11 is 12.1. The summed E-state index contributed by atoms with van der Waals surface area (Å²) in [5, 5.41) is 3.72. The van der Waals surface area contributed by atoms with Crippen LogP contribution >= 0.6 is 23.2 Å². The predicted octanol–water partition coefficient (Wildman–Crippen LogP) is 4.94. The van der Waals surface area contributed by atoms with E-state index in [9.17, 15) is 13.2 Å². The van der Waals surface area contributed by atoms with E-state index in [4.69, 9.17) is 23.2 Å². The summed E-state index contributed by atoms with van der Waals surface area (Å²) in [7, 11) is -3.97. The molecule has 0 aliphatic heterocycles. The smallest absolute Gasteiger partial charge is 0.264 e. The molecule has 0 bridgehead atoms. The SMILES string of the molecule is O=C(CN(c1ccccc1Cl)S(=O)(=O)c1ccccc1)NCCCc1ccc(Cl)cc1. The Hall–Kier alpha value is -2.54. The first-order valence-corrected chi connectivity index (χ1v) is 11.9. The summed E-state index contributed by atoms with van der Waals surface area (Å²) in [6, 6.07) is 22.1. The van der Waals surface area contributed by atoms with Crippen molar-refractivity contribution in [1.29, 1.82) is 0 Å². The number of hydrogen-bond donors (Lipinski definition) is 1. The van der Waals surface area contributed by atoms with Crippen LogP contribution in [0.1, 0.15) is 12.0 Å². The van der Waals surface area contributed by atoms with Crippen LogP contribution in [0.3, 0.4) is 0 Å². The molecule has 8 heteroatoms. The number of halogens is 2. The van der Waals surface area contributed by atoms with Gasteiger partial charge in [-0.15, -0.1) is 0 Å². The fraction of sp³-hybridized carbons (Fsp3) is 0.174. The molecule has 5 nitrogen and oxygen atoms in total. The van der Waals surface area contributed by atoms with Crippen LogP contribution in [0.5, 0.6) is 0 Å². The molecular formula is C23H22Cl2N2O3S.